The minimum atomic E-state index is -1.03. The molecule has 2 aliphatic heterocycles. The molecule has 2 fully saturated rings. The van der Waals surface area contributed by atoms with E-state index in [0.717, 1.165) is 25.7 Å². The Labute approximate surface area is 335 Å². The number of nitrogens with zero attached hydrogens (tertiary/aromatic N) is 4. The van der Waals surface area contributed by atoms with E-state index in [9.17, 15) is 24.3 Å². The average molecular weight is 799 g/mol. The average Bonchev–Trinajstić information content (AvgIpc) is 3.51. The summed E-state index contributed by atoms with van der Waals surface area (Å²) in [6, 6.07) is 9.63. The van der Waals surface area contributed by atoms with Gasteiger partial charge in [-0.05, 0) is 56.7 Å². The number of aliphatic hydroxyl groups is 1. The van der Waals surface area contributed by atoms with Gasteiger partial charge in [-0.25, -0.2) is 14.6 Å². The molecule has 2 aliphatic rings. The molecule has 2 saturated heterocycles. The highest BCUT2D eigenvalue weighted by atomic mass is 16.7. The highest BCUT2D eigenvalue weighted by molar-refractivity contribution is 5.89. The summed E-state index contributed by atoms with van der Waals surface area (Å²) in [5.41, 5.74) is -0.140. The number of aliphatic imine (C=N–C) groups is 1. The zero-order valence-electron chi connectivity index (χ0n) is 34.2. The summed E-state index contributed by atoms with van der Waals surface area (Å²) in [5, 5.41) is 16.9. The number of hydrogen-bond acceptors (Lipinski definition) is 12. The number of esters is 1. The summed E-state index contributed by atoms with van der Waals surface area (Å²) >= 11 is 0. The van der Waals surface area contributed by atoms with Gasteiger partial charge in [-0.1, -0.05) is 51.8 Å². The fourth-order valence-corrected chi connectivity index (χ4v) is 7.05. The van der Waals surface area contributed by atoms with E-state index in [1.54, 1.807) is 41.6 Å². The second-order valence-corrected chi connectivity index (χ2v) is 14.8. The van der Waals surface area contributed by atoms with Gasteiger partial charge in [0.15, 0.2) is 18.3 Å². The van der Waals surface area contributed by atoms with Crippen LogP contribution in [0.25, 0.3) is 0 Å². The first-order chi connectivity index (χ1) is 27.4. The fraction of sp³-hybridized carbons (Fsp3) is 0.659. The van der Waals surface area contributed by atoms with Crippen LogP contribution in [0.1, 0.15) is 102 Å². The Hall–Kier alpha value is -4.22. The van der Waals surface area contributed by atoms with Crippen molar-refractivity contribution in [2.45, 2.75) is 135 Å². The monoisotopic (exact) mass is 798 g/mol. The number of aromatic nitrogens is 2. The lowest BCUT2D eigenvalue weighted by Crippen LogP contribution is -2.62. The maximum atomic E-state index is 13.0. The third-order valence-electron chi connectivity index (χ3n) is 10.1. The lowest BCUT2D eigenvalue weighted by atomic mass is 9.87. The van der Waals surface area contributed by atoms with Crippen LogP contribution in [0.15, 0.2) is 52.4 Å². The summed E-state index contributed by atoms with van der Waals surface area (Å²) < 4.78 is 31.7. The molecule has 16 heteroatoms. The molecule has 0 radical (unpaired) electrons. The number of amides is 2. The minimum Gasteiger partial charge on any atom is -0.456 e. The van der Waals surface area contributed by atoms with Gasteiger partial charge in [0.1, 0.15) is 24.4 Å². The molecule has 3 N–H and O–H groups in total. The van der Waals surface area contributed by atoms with Crippen LogP contribution >= 0.6 is 0 Å². The molecular weight excluding hydrogens is 736 g/mol. The smallest absolute Gasteiger partial charge is 0.351 e. The Balaban J connectivity index is 1.10. The maximum absolute atomic E-state index is 13.0. The quantitative estimate of drug-likeness (QED) is 0.0676. The molecular formula is C41H62N6O10. The normalized spacial score (nSPS) is 26.0. The number of hydrogen-bond donors (Lipinski definition) is 3. The van der Waals surface area contributed by atoms with Crippen LogP contribution < -0.4 is 16.3 Å². The van der Waals surface area contributed by atoms with Crippen molar-refractivity contribution >= 4 is 29.9 Å². The summed E-state index contributed by atoms with van der Waals surface area (Å²) in [7, 11) is 3.63. The molecule has 3 heterocycles. The van der Waals surface area contributed by atoms with Crippen LogP contribution in [0.5, 0.6) is 0 Å². The number of unbranched alkanes of at least 4 members (excludes halogenated alkanes) is 4. The van der Waals surface area contributed by atoms with Crippen LogP contribution in [0.4, 0.5) is 5.82 Å². The van der Waals surface area contributed by atoms with Crippen LogP contribution in [0.2, 0.25) is 0 Å². The first-order valence-electron chi connectivity index (χ1n) is 20.2. The molecule has 1 aromatic heterocycles. The Morgan fingerprint density at radius 3 is 2.33 bits per heavy atom. The summed E-state index contributed by atoms with van der Waals surface area (Å²) in [5.74, 6) is -0.708. The van der Waals surface area contributed by atoms with Crippen LogP contribution in [-0.4, -0.2) is 120 Å². The molecule has 0 spiro atoms. The van der Waals surface area contributed by atoms with Gasteiger partial charge in [-0.3, -0.25) is 14.2 Å². The van der Waals surface area contributed by atoms with E-state index >= 15 is 0 Å². The molecule has 1 aromatic carbocycles. The summed E-state index contributed by atoms with van der Waals surface area (Å²) in [4.78, 5) is 60.2. The molecule has 1 unspecified atom stereocenters. The van der Waals surface area contributed by atoms with E-state index < -0.39 is 48.5 Å². The summed E-state index contributed by atoms with van der Waals surface area (Å²) in [6.07, 6.45) is 4.74. The number of ether oxygens (including phenoxy) is 5. The number of benzene rings is 1. The number of carbonyl (C=O) groups excluding carboxylic acids is 3. The Bertz CT molecular complexity index is 1640. The number of carbonyl (C=O) groups is 3. The van der Waals surface area contributed by atoms with Crippen molar-refractivity contribution in [3.63, 3.8) is 0 Å². The van der Waals surface area contributed by atoms with Gasteiger partial charge in [0, 0.05) is 59.3 Å². The lowest BCUT2D eigenvalue weighted by Gasteiger charge is -2.45. The molecule has 0 aliphatic carbocycles. The van der Waals surface area contributed by atoms with Crippen molar-refractivity contribution < 1.29 is 43.2 Å². The van der Waals surface area contributed by atoms with E-state index in [1.165, 1.54) is 17.7 Å². The fourth-order valence-electron chi connectivity index (χ4n) is 7.05. The molecule has 9 atom stereocenters. The third kappa shape index (κ3) is 13.7. The van der Waals surface area contributed by atoms with Gasteiger partial charge in [-0.15, -0.1) is 0 Å². The first-order valence-corrected chi connectivity index (χ1v) is 20.2. The van der Waals surface area contributed by atoms with Crippen molar-refractivity contribution in [3.05, 3.63) is 58.6 Å². The predicted octanol–water partition coefficient (Wildman–Crippen LogP) is 3.88. The molecule has 16 nitrogen and oxygen atoms in total. The Morgan fingerprint density at radius 2 is 1.65 bits per heavy atom. The van der Waals surface area contributed by atoms with E-state index in [1.807, 2.05) is 40.9 Å². The maximum Gasteiger partial charge on any atom is 0.351 e. The number of nitrogens with one attached hydrogen (secondary N) is 2. The highest BCUT2D eigenvalue weighted by Gasteiger charge is 2.47. The number of rotatable bonds is 22. The van der Waals surface area contributed by atoms with Gasteiger partial charge >= 0.3 is 11.7 Å². The molecule has 316 valence electrons. The van der Waals surface area contributed by atoms with Crippen LogP contribution in [0.3, 0.4) is 0 Å². The van der Waals surface area contributed by atoms with E-state index in [2.05, 4.69) is 20.6 Å². The van der Waals surface area contributed by atoms with Gasteiger partial charge < -0.3 is 44.3 Å². The van der Waals surface area contributed by atoms with Crippen molar-refractivity contribution in [2.75, 3.05) is 33.9 Å². The minimum absolute atomic E-state index is 0.0308. The van der Waals surface area contributed by atoms with Gasteiger partial charge in [-0.2, -0.15) is 4.98 Å². The lowest BCUT2D eigenvalue weighted by molar-refractivity contribution is -0.249. The van der Waals surface area contributed by atoms with Gasteiger partial charge in [0.2, 0.25) is 11.8 Å². The number of aliphatic hydroxyl groups excluding tert-OH is 1. The highest BCUT2D eigenvalue weighted by Crippen LogP contribution is 2.33. The third-order valence-corrected chi connectivity index (χ3v) is 10.1. The standard InChI is InChI=1S/C41H62N6O10/c1-7-30-27(3)36(57-39(51)29-18-12-11-13-19-29)34(44-28(4)48)40(56-30)54-25-17-14-20-33(49)42-22-15-9-10-16-24-53-37-31(8-2)55-38(35(37)50)47-23-21-32(45-41(47)52)43-26-46(5)6/h11-13,18-19,21,23,26-27,30-31,34-38,40,50H,7-10,14-17,20,22,24-25H2,1-6H3,(H,42,49)(H,44,48)/b43-26-/t27-,30+,31+,34+,35-,36-,37?,38+,40+/m0/s1. The van der Waals surface area contributed by atoms with E-state index in [0.29, 0.717) is 57.4 Å². The largest absolute Gasteiger partial charge is 0.456 e. The van der Waals surface area contributed by atoms with Gasteiger partial charge in [0.05, 0.1) is 24.1 Å². The van der Waals surface area contributed by atoms with E-state index in [-0.39, 0.29) is 35.8 Å². The Kier molecular flexibility index (Phi) is 18.6. The molecule has 4 rings (SSSR count). The topological polar surface area (TPSA) is 192 Å². The molecule has 57 heavy (non-hydrogen) atoms. The second kappa shape index (κ2) is 23.3. The molecule has 2 aromatic rings. The zero-order chi connectivity index (χ0) is 41.3. The van der Waals surface area contributed by atoms with E-state index in [4.69, 9.17) is 23.7 Å². The van der Waals surface area contributed by atoms with Crippen LogP contribution in [-0.2, 0) is 33.3 Å². The molecule has 0 saturated carbocycles. The molecule has 2 amide bonds. The first kappa shape index (κ1) is 45.5. The zero-order valence-corrected chi connectivity index (χ0v) is 34.2. The summed E-state index contributed by atoms with van der Waals surface area (Å²) in [6.45, 7) is 8.59. The second-order valence-electron chi connectivity index (χ2n) is 14.8. The van der Waals surface area contributed by atoms with Crippen molar-refractivity contribution in [1.82, 2.24) is 25.1 Å². The van der Waals surface area contributed by atoms with Crippen LogP contribution in [0, 0.1) is 5.92 Å². The van der Waals surface area contributed by atoms with Gasteiger partial charge in [0.25, 0.3) is 0 Å². The van der Waals surface area contributed by atoms with Crippen molar-refractivity contribution in [1.29, 1.82) is 0 Å². The predicted molar refractivity (Wildman–Crippen MR) is 213 cm³/mol. The SMILES string of the molecule is CC[C@H]1O[C@@H](n2ccc(/N=C\N(C)C)nc2=O)[C@@H](O)C1OCCCCCCNC(=O)CCCCO[C@@H]1O[C@H](CC)[C@H](C)[C@H](OC(=O)c2ccccc2)[C@H]1NC(C)=O. The van der Waals surface area contributed by atoms with Crippen molar-refractivity contribution in [2.24, 2.45) is 10.9 Å². The van der Waals surface area contributed by atoms with Crippen molar-refractivity contribution in [3.8, 4) is 0 Å². The Morgan fingerprint density at radius 1 is 0.947 bits per heavy atom. The molecule has 0 bridgehead atoms.